The lowest BCUT2D eigenvalue weighted by Gasteiger charge is -2.17. The summed E-state index contributed by atoms with van der Waals surface area (Å²) in [5.41, 5.74) is 17.1. The smallest absolute Gasteiger partial charge is 0.322 e. The van der Waals surface area contributed by atoms with E-state index in [1.807, 2.05) is 6.92 Å². The molecule has 5 aromatic rings. The van der Waals surface area contributed by atoms with Gasteiger partial charge in [-0.05, 0) is 44.2 Å². The van der Waals surface area contributed by atoms with Crippen LogP contribution in [0.3, 0.4) is 0 Å². The first-order valence-electron chi connectivity index (χ1n) is 11.4. The average molecular weight is 502 g/mol. The molecule has 5 N–H and O–H groups in total. The van der Waals surface area contributed by atoms with Crippen LogP contribution in [0.25, 0.3) is 28.0 Å². The summed E-state index contributed by atoms with van der Waals surface area (Å²) in [6.45, 7) is 3.57. The quantitative estimate of drug-likeness (QED) is 0.282. The number of anilines is 2. The van der Waals surface area contributed by atoms with Crippen LogP contribution in [-0.2, 0) is 0 Å². The standard InChI is InChI=1S/C26H24FN7O3/c1-14-7-8-30-26(33-14)37-20-6-4-17(12-19(20)27)34-23(15(2)22-24(34)25(29)32-13-31-22)18-5-3-16(28)11-21(18)36-10-9-35/h3-8,11-13,35H,9-10,28H2,1-2H3,(H2,29,31,32). The average Bonchev–Trinajstić information content (AvgIpc) is 3.17. The number of aliphatic hydroxyl groups excluding tert-OH is 1. The molecule has 0 atom stereocenters. The number of halogens is 1. The maximum Gasteiger partial charge on any atom is 0.322 e. The van der Waals surface area contributed by atoms with Crippen LogP contribution in [0.15, 0.2) is 55.0 Å². The molecular formula is C26H24FN7O3. The number of aryl methyl sites for hydroxylation is 2. The molecule has 188 valence electrons. The van der Waals surface area contributed by atoms with Gasteiger partial charge in [0.05, 0.1) is 17.8 Å². The van der Waals surface area contributed by atoms with Crippen LogP contribution in [0.5, 0.6) is 17.5 Å². The largest absolute Gasteiger partial charge is 0.490 e. The number of nitrogens with zero attached hydrogens (tertiary/aromatic N) is 5. The lowest BCUT2D eigenvalue weighted by Crippen LogP contribution is -2.06. The number of hydrogen-bond donors (Lipinski definition) is 3. The van der Waals surface area contributed by atoms with Crippen molar-refractivity contribution in [3.05, 3.63) is 72.1 Å². The lowest BCUT2D eigenvalue weighted by atomic mass is 10.1. The van der Waals surface area contributed by atoms with E-state index in [0.717, 1.165) is 5.56 Å². The number of ether oxygens (including phenoxy) is 2. The summed E-state index contributed by atoms with van der Waals surface area (Å²) < 4.78 is 28.5. The number of nitrogens with two attached hydrogens (primary N) is 2. The number of benzene rings is 2. The Bertz CT molecular complexity index is 1620. The summed E-state index contributed by atoms with van der Waals surface area (Å²) in [5, 5.41) is 9.31. The van der Waals surface area contributed by atoms with Crippen molar-refractivity contribution in [1.82, 2.24) is 24.5 Å². The molecule has 0 aliphatic carbocycles. The van der Waals surface area contributed by atoms with E-state index in [1.54, 1.807) is 41.8 Å². The molecule has 11 heteroatoms. The summed E-state index contributed by atoms with van der Waals surface area (Å²) in [5.74, 6) is 0.0107. The van der Waals surface area contributed by atoms with E-state index in [1.165, 1.54) is 24.7 Å². The molecule has 10 nitrogen and oxygen atoms in total. The fourth-order valence-corrected chi connectivity index (χ4v) is 4.15. The van der Waals surface area contributed by atoms with Gasteiger partial charge >= 0.3 is 6.01 Å². The van der Waals surface area contributed by atoms with Gasteiger partial charge in [-0.1, -0.05) is 0 Å². The minimum atomic E-state index is -0.627. The topological polar surface area (TPSA) is 147 Å². The predicted octanol–water partition coefficient (Wildman–Crippen LogP) is 3.96. The zero-order valence-corrected chi connectivity index (χ0v) is 20.1. The molecule has 0 saturated carbocycles. The van der Waals surface area contributed by atoms with Gasteiger partial charge in [-0.3, -0.25) is 0 Å². The van der Waals surface area contributed by atoms with Crippen LogP contribution in [0.4, 0.5) is 15.9 Å². The van der Waals surface area contributed by atoms with E-state index in [2.05, 4.69) is 19.9 Å². The van der Waals surface area contributed by atoms with Gasteiger partial charge in [0.15, 0.2) is 17.4 Å². The summed E-state index contributed by atoms with van der Waals surface area (Å²) in [6, 6.07) is 11.5. The third-order valence-corrected chi connectivity index (χ3v) is 5.77. The van der Waals surface area contributed by atoms with Gasteiger partial charge in [0, 0.05) is 46.5 Å². The van der Waals surface area contributed by atoms with Crippen LogP contribution in [0, 0.1) is 19.7 Å². The molecule has 0 amide bonds. The SMILES string of the molecule is Cc1ccnc(Oc2ccc(-n3c(-c4ccc(N)cc4OCCO)c(C)c4ncnc(N)c43)cc2F)n1. The van der Waals surface area contributed by atoms with E-state index in [9.17, 15) is 5.11 Å². The summed E-state index contributed by atoms with van der Waals surface area (Å²) in [4.78, 5) is 16.8. The van der Waals surface area contributed by atoms with Gasteiger partial charge in [-0.25, -0.2) is 24.3 Å². The van der Waals surface area contributed by atoms with E-state index < -0.39 is 5.82 Å². The second-order valence-electron chi connectivity index (χ2n) is 8.29. The molecule has 3 aromatic heterocycles. The van der Waals surface area contributed by atoms with Gasteiger partial charge in [-0.15, -0.1) is 0 Å². The second-order valence-corrected chi connectivity index (χ2v) is 8.29. The first-order chi connectivity index (χ1) is 17.9. The van der Waals surface area contributed by atoms with E-state index in [4.69, 9.17) is 20.9 Å². The Labute approximate surface area is 211 Å². The molecule has 0 aliphatic rings. The van der Waals surface area contributed by atoms with Crippen molar-refractivity contribution in [3.8, 4) is 34.5 Å². The molecule has 5 rings (SSSR count). The normalized spacial score (nSPS) is 11.1. The van der Waals surface area contributed by atoms with Crippen molar-refractivity contribution in [2.24, 2.45) is 0 Å². The first-order valence-corrected chi connectivity index (χ1v) is 11.4. The number of aromatic nitrogens is 5. The van der Waals surface area contributed by atoms with Gasteiger partial charge in [0.25, 0.3) is 0 Å². The summed E-state index contributed by atoms with van der Waals surface area (Å²) >= 11 is 0. The van der Waals surface area contributed by atoms with E-state index in [0.29, 0.717) is 45.1 Å². The van der Waals surface area contributed by atoms with Crippen LogP contribution in [0.2, 0.25) is 0 Å². The fraction of sp³-hybridized carbons (Fsp3) is 0.154. The Hall–Kier alpha value is -4.77. The maximum atomic E-state index is 15.3. The maximum absolute atomic E-state index is 15.3. The first kappa shape index (κ1) is 23.9. The number of nitrogen functional groups attached to an aromatic ring is 2. The molecule has 0 spiro atoms. The Balaban J connectivity index is 1.70. The van der Waals surface area contributed by atoms with Crippen molar-refractivity contribution in [2.75, 3.05) is 24.7 Å². The Morgan fingerprint density at radius 2 is 1.84 bits per heavy atom. The Morgan fingerprint density at radius 1 is 1.00 bits per heavy atom. The number of rotatable bonds is 7. The Morgan fingerprint density at radius 3 is 2.59 bits per heavy atom. The van der Waals surface area contributed by atoms with E-state index >= 15 is 4.39 Å². The van der Waals surface area contributed by atoms with Crippen molar-refractivity contribution in [2.45, 2.75) is 13.8 Å². The Kier molecular flexibility index (Phi) is 6.28. The third-order valence-electron chi connectivity index (χ3n) is 5.77. The second kappa shape index (κ2) is 9.70. The molecule has 37 heavy (non-hydrogen) atoms. The number of hydrogen-bond acceptors (Lipinski definition) is 9. The van der Waals surface area contributed by atoms with Crippen LogP contribution < -0.4 is 20.9 Å². The highest BCUT2D eigenvalue weighted by atomic mass is 19.1. The molecule has 3 heterocycles. The molecule has 0 unspecified atom stereocenters. The zero-order valence-electron chi connectivity index (χ0n) is 20.1. The van der Waals surface area contributed by atoms with Crippen LogP contribution in [0.1, 0.15) is 11.3 Å². The van der Waals surface area contributed by atoms with Gasteiger partial charge in [0.1, 0.15) is 24.2 Å². The molecule has 0 saturated heterocycles. The highest BCUT2D eigenvalue weighted by Gasteiger charge is 2.24. The molecule has 0 aliphatic heterocycles. The van der Waals surface area contributed by atoms with Crippen LogP contribution in [-0.4, -0.2) is 42.8 Å². The molecular weight excluding hydrogens is 477 g/mol. The fourth-order valence-electron chi connectivity index (χ4n) is 4.15. The molecule has 0 fully saturated rings. The highest BCUT2D eigenvalue weighted by Crippen LogP contribution is 2.41. The van der Waals surface area contributed by atoms with Gasteiger partial charge in [0.2, 0.25) is 0 Å². The predicted molar refractivity (Wildman–Crippen MR) is 137 cm³/mol. The lowest BCUT2D eigenvalue weighted by molar-refractivity contribution is 0.202. The minimum absolute atomic E-state index is 0.0345. The monoisotopic (exact) mass is 501 g/mol. The van der Waals surface area contributed by atoms with Crippen molar-refractivity contribution in [1.29, 1.82) is 0 Å². The third kappa shape index (κ3) is 4.47. The number of fused-ring (bicyclic) bond motifs is 1. The van der Waals surface area contributed by atoms with Crippen LogP contribution >= 0.6 is 0 Å². The summed E-state index contributed by atoms with van der Waals surface area (Å²) in [7, 11) is 0. The van der Waals surface area contributed by atoms with E-state index in [-0.39, 0.29) is 30.8 Å². The van der Waals surface area contributed by atoms with Crippen molar-refractivity contribution in [3.63, 3.8) is 0 Å². The molecule has 0 bridgehead atoms. The molecule has 2 aromatic carbocycles. The van der Waals surface area contributed by atoms with Crippen molar-refractivity contribution < 1.29 is 19.0 Å². The zero-order chi connectivity index (χ0) is 26.1. The van der Waals surface area contributed by atoms with Gasteiger partial charge in [-0.2, -0.15) is 0 Å². The minimum Gasteiger partial charge on any atom is -0.490 e. The van der Waals surface area contributed by atoms with Gasteiger partial charge < -0.3 is 30.6 Å². The molecule has 0 radical (unpaired) electrons. The number of aliphatic hydroxyl groups is 1. The highest BCUT2D eigenvalue weighted by molar-refractivity contribution is 5.97. The van der Waals surface area contributed by atoms with Crippen molar-refractivity contribution >= 4 is 22.5 Å². The summed E-state index contributed by atoms with van der Waals surface area (Å²) in [6.07, 6.45) is 2.92.